The number of pyridine rings is 1. The molecule has 3 N–H and O–H groups in total. The predicted molar refractivity (Wildman–Crippen MR) is 79.4 cm³/mol. The Kier molecular flexibility index (Phi) is 4.43. The van der Waals surface area contributed by atoms with Gasteiger partial charge in [0.25, 0.3) is 5.91 Å². The van der Waals surface area contributed by atoms with E-state index in [0.29, 0.717) is 17.1 Å². The number of amides is 1. The molecule has 0 radical (unpaired) electrons. The molecular weight excluding hydrogens is 266 g/mol. The van der Waals surface area contributed by atoms with Gasteiger partial charge in [0.2, 0.25) is 0 Å². The highest BCUT2D eigenvalue weighted by Gasteiger charge is 2.15. The van der Waals surface area contributed by atoms with E-state index in [0.717, 1.165) is 22.3 Å². The number of carbonyl (C=O) groups excluding carboxylic acids is 1. The van der Waals surface area contributed by atoms with E-state index in [1.807, 2.05) is 6.07 Å². The molecule has 2 heterocycles. The zero-order valence-corrected chi connectivity index (χ0v) is 11.7. The molecule has 2 aromatic heterocycles. The van der Waals surface area contributed by atoms with Crippen LogP contribution in [0.25, 0.3) is 10.1 Å². The molecular formula is C12H15N3OS2. The lowest BCUT2D eigenvalue weighted by Gasteiger charge is -2.03. The maximum absolute atomic E-state index is 12.0. The molecule has 2 aromatic rings. The van der Waals surface area contributed by atoms with Crippen molar-refractivity contribution in [3.63, 3.8) is 0 Å². The summed E-state index contributed by atoms with van der Waals surface area (Å²) >= 11 is 3.17. The average Bonchev–Trinajstić information content (AvgIpc) is 2.73. The van der Waals surface area contributed by atoms with Gasteiger partial charge in [0.15, 0.2) is 0 Å². The molecule has 0 saturated carbocycles. The molecule has 0 saturated heterocycles. The summed E-state index contributed by atoms with van der Waals surface area (Å²) in [6.45, 7) is 0.686. The number of aromatic nitrogens is 1. The molecule has 0 fully saturated rings. The Hall–Kier alpha value is -1.27. The third-order valence-electron chi connectivity index (χ3n) is 2.55. The predicted octanol–water partition coefficient (Wildman–Crippen LogP) is 2.36. The van der Waals surface area contributed by atoms with Crippen LogP contribution in [0.4, 0.5) is 5.69 Å². The van der Waals surface area contributed by atoms with Gasteiger partial charge in [-0.2, -0.15) is 11.8 Å². The third kappa shape index (κ3) is 2.76. The number of nitrogens with two attached hydrogens (primary N) is 1. The van der Waals surface area contributed by atoms with Crippen molar-refractivity contribution in [2.24, 2.45) is 0 Å². The van der Waals surface area contributed by atoms with Gasteiger partial charge < -0.3 is 11.1 Å². The van der Waals surface area contributed by atoms with Crippen LogP contribution in [0.3, 0.4) is 0 Å². The standard InChI is InChI=1S/C12H15N3OS2/c1-17-6-2-4-15-12(16)11-10(13)8-3-5-14-7-9(8)18-11/h3,5,7H,2,4,6,13H2,1H3,(H,15,16). The minimum atomic E-state index is -0.0881. The molecule has 0 spiro atoms. The van der Waals surface area contributed by atoms with Crippen molar-refractivity contribution in [3.8, 4) is 0 Å². The van der Waals surface area contributed by atoms with Crippen LogP contribution in [-0.2, 0) is 0 Å². The average molecular weight is 281 g/mol. The van der Waals surface area contributed by atoms with Gasteiger partial charge in [-0.1, -0.05) is 0 Å². The van der Waals surface area contributed by atoms with Crippen LogP contribution in [0.1, 0.15) is 16.1 Å². The molecule has 4 nitrogen and oxygen atoms in total. The maximum atomic E-state index is 12.0. The van der Waals surface area contributed by atoms with E-state index < -0.39 is 0 Å². The van der Waals surface area contributed by atoms with Gasteiger partial charge in [0.1, 0.15) is 4.88 Å². The second-order valence-electron chi connectivity index (χ2n) is 3.82. The van der Waals surface area contributed by atoms with Crippen molar-refractivity contribution >= 4 is 44.8 Å². The lowest BCUT2D eigenvalue weighted by molar-refractivity contribution is 0.0958. The Balaban J connectivity index is 2.10. The van der Waals surface area contributed by atoms with E-state index in [1.165, 1.54) is 11.3 Å². The Morgan fingerprint density at radius 1 is 1.61 bits per heavy atom. The fourth-order valence-corrected chi connectivity index (χ4v) is 3.08. The summed E-state index contributed by atoms with van der Waals surface area (Å²) in [7, 11) is 0. The summed E-state index contributed by atoms with van der Waals surface area (Å²) in [4.78, 5) is 16.6. The molecule has 0 aliphatic rings. The van der Waals surface area contributed by atoms with Gasteiger partial charge in [-0.05, 0) is 24.5 Å². The summed E-state index contributed by atoms with van der Waals surface area (Å²) in [6.07, 6.45) is 6.45. The molecule has 6 heteroatoms. The first-order valence-electron chi connectivity index (χ1n) is 5.63. The van der Waals surface area contributed by atoms with Gasteiger partial charge in [-0.3, -0.25) is 9.78 Å². The molecule has 0 bridgehead atoms. The Labute approximate surface area is 114 Å². The van der Waals surface area contributed by atoms with E-state index >= 15 is 0 Å². The second kappa shape index (κ2) is 6.06. The second-order valence-corrected chi connectivity index (χ2v) is 5.86. The van der Waals surface area contributed by atoms with Gasteiger partial charge in [0, 0.05) is 24.3 Å². The summed E-state index contributed by atoms with van der Waals surface area (Å²) in [5.74, 6) is 0.960. The van der Waals surface area contributed by atoms with E-state index in [-0.39, 0.29) is 5.91 Å². The third-order valence-corrected chi connectivity index (χ3v) is 4.40. The van der Waals surface area contributed by atoms with Crippen molar-refractivity contribution in [2.45, 2.75) is 6.42 Å². The molecule has 0 aliphatic carbocycles. The largest absolute Gasteiger partial charge is 0.397 e. The number of thioether (sulfide) groups is 1. The monoisotopic (exact) mass is 281 g/mol. The first-order chi connectivity index (χ1) is 8.74. The highest BCUT2D eigenvalue weighted by Crippen LogP contribution is 2.32. The van der Waals surface area contributed by atoms with E-state index in [1.54, 1.807) is 24.2 Å². The Morgan fingerprint density at radius 2 is 2.44 bits per heavy atom. The van der Waals surface area contributed by atoms with Gasteiger partial charge in [-0.15, -0.1) is 11.3 Å². The molecule has 0 aromatic carbocycles. The number of nitrogens with one attached hydrogen (secondary N) is 1. The van der Waals surface area contributed by atoms with Crippen LogP contribution in [0.5, 0.6) is 0 Å². The molecule has 96 valence electrons. The smallest absolute Gasteiger partial charge is 0.263 e. The van der Waals surface area contributed by atoms with E-state index in [9.17, 15) is 4.79 Å². The molecule has 2 rings (SSSR count). The topological polar surface area (TPSA) is 68.0 Å². The first-order valence-corrected chi connectivity index (χ1v) is 7.84. The van der Waals surface area contributed by atoms with Gasteiger partial charge in [-0.25, -0.2) is 0 Å². The number of nitrogens with zero attached hydrogens (tertiary/aromatic N) is 1. The zero-order valence-electron chi connectivity index (χ0n) is 10.1. The SMILES string of the molecule is CSCCCNC(=O)c1sc2cnccc2c1N. The van der Waals surface area contributed by atoms with Gasteiger partial charge in [0.05, 0.1) is 10.4 Å². The number of thiophene rings is 1. The quantitative estimate of drug-likeness (QED) is 0.826. The molecule has 18 heavy (non-hydrogen) atoms. The number of anilines is 1. The van der Waals surface area contributed by atoms with Crippen LogP contribution >= 0.6 is 23.1 Å². The minimum Gasteiger partial charge on any atom is -0.397 e. The fraction of sp³-hybridized carbons (Fsp3) is 0.333. The lowest BCUT2D eigenvalue weighted by atomic mass is 10.2. The van der Waals surface area contributed by atoms with Crippen LogP contribution in [0.15, 0.2) is 18.5 Å². The summed E-state index contributed by atoms with van der Waals surface area (Å²) in [5, 5.41) is 3.80. The lowest BCUT2D eigenvalue weighted by Crippen LogP contribution is -2.24. The molecule has 1 amide bonds. The number of hydrogen-bond donors (Lipinski definition) is 2. The highest BCUT2D eigenvalue weighted by molar-refractivity contribution is 7.98. The van der Waals surface area contributed by atoms with Crippen molar-refractivity contribution in [2.75, 3.05) is 24.3 Å². The molecule has 0 unspecified atom stereocenters. The van der Waals surface area contributed by atoms with Crippen LogP contribution < -0.4 is 11.1 Å². The van der Waals surface area contributed by atoms with Crippen molar-refractivity contribution < 1.29 is 4.79 Å². The number of carbonyl (C=O) groups is 1. The maximum Gasteiger partial charge on any atom is 0.263 e. The van der Waals surface area contributed by atoms with Crippen LogP contribution in [0.2, 0.25) is 0 Å². The van der Waals surface area contributed by atoms with Crippen molar-refractivity contribution in [3.05, 3.63) is 23.3 Å². The number of hydrogen-bond acceptors (Lipinski definition) is 5. The number of rotatable bonds is 5. The molecule has 0 aliphatic heterocycles. The van der Waals surface area contributed by atoms with Crippen molar-refractivity contribution in [1.82, 2.24) is 10.3 Å². The normalized spacial score (nSPS) is 10.7. The van der Waals surface area contributed by atoms with E-state index in [4.69, 9.17) is 5.73 Å². The summed E-state index contributed by atoms with van der Waals surface area (Å²) in [6, 6.07) is 1.84. The zero-order chi connectivity index (χ0) is 13.0. The highest BCUT2D eigenvalue weighted by atomic mass is 32.2. The summed E-state index contributed by atoms with van der Waals surface area (Å²) in [5.41, 5.74) is 6.54. The summed E-state index contributed by atoms with van der Waals surface area (Å²) < 4.78 is 0.948. The Bertz CT molecular complexity index is 553. The van der Waals surface area contributed by atoms with Crippen molar-refractivity contribution in [1.29, 1.82) is 0 Å². The van der Waals surface area contributed by atoms with Gasteiger partial charge >= 0.3 is 0 Å². The fourth-order valence-electron chi connectivity index (χ4n) is 1.64. The minimum absolute atomic E-state index is 0.0881. The van der Waals surface area contributed by atoms with Crippen LogP contribution in [0, 0.1) is 0 Å². The molecule has 0 atom stereocenters. The number of fused-ring (bicyclic) bond motifs is 1. The Morgan fingerprint density at radius 3 is 3.17 bits per heavy atom. The first kappa shape index (κ1) is 13.2. The van der Waals surface area contributed by atoms with E-state index in [2.05, 4.69) is 16.6 Å². The van der Waals surface area contributed by atoms with Crippen LogP contribution in [-0.4, -0.2) is 29.4 Å². The number of nitrogen functional groups attached to an aromatic ring is 1.